The third-order valence-electron chi connectivity index (χ3n) is 7.81. The summed E-state index contributed by atoms with van der Waals surface area (Å²) in [6.45, 7) is 0.505. The first-order valence-corrected chi connectivity index (χ1v) is 14.1. The molecule has 3 aromatic rings. The Labute approximate surface area is 252 Å². The standard InChI is InChI=1S/C29H28F6N6O4/c30-28(31,32)19-12-21(14-22(13-19)41-11-10-23(25(41)42)18-4-2-1-3-5-18)37-27(44)38-24-16-40(39-45-24)15-17-6-8-20(9-7-17)36-26(43)29(33,34)35/h1-5,12-14,16-17,20,23H,6-11,15H2,(H2-,36,37,38,39,43,44)/t17?,20?,23-/m1/s1. The predicted octanol–water partition coefficient (Wildman–Crippen LogP) is 5.98. The fraction of sp³-hybridized carbons (Fsp3) is 0.414. The molecule has 1 saturated heterocycles. The Bertz CT molecular complexity index is 1540. The molecule has 16 heteroatoms. The molecule has 2 N–H and O–H groups in total. The van der Waals surface area contributed by atoms with Crippen LogP contribution in [0.15, 0.2) is 59.3 Å². The van der Waals surface area contributed by atoms with E-state index in [9.17, 15) is 40.7 Å². The van der Waals surface area contributed by atoms with Crippen molar-refractivity contribution in [3.63, 3.8) is 0 Å². The van der Waals surface area contributed by atoms with Gasteiger partial charge in [0.15, 0.2) is 17.8 Å². The number of hydrogen-bond acceptors (Lipinski definition) is 5. The minimum absolute atomic E-state index is 0.0131. The summed E-state index contributed by atoms with van der Waals surface area (Å²) < 4.78 is 85.1. The molecule has 2 aromatic carbocycles. The van der Waals surface area contributed by atoms with Gasteiger partial charge in [0.2, 0.25) is 18.0 Å². The number of benzene rings is 2. The molecule has 1 aliphatic carbocycles. The van der Waals surface area contributed by atoms with E-state index in [4.69, 9.17) is 4.52 Å². The number of halogens is 6. The Kier molecular flexibility index (Phi) is 9.02. The normalized spacial score (nSPS) is 20.6. The number of amides is 4. The van der Waals surface area contributed by atoms with E-state index < -0.39 is 41.8 Å². The van der Waals surface area contributed by atoms with Crippen molar-refractivity contribution in [2.24, 2.45) is 5.92 Å². The third-order valence-corrected chi connectivity index (χ3v) is 7.81. The van der Waals surface area contributed by atoms with Crippen molar-refractivity contribution in [3.05, 3.63) is 71.2 Å². The highest BCUT2D eigenvalue weighted by molar-refractivity contribution is 6.04. The number of carbonyl (C=O) groups excluding carboxylic acids is 3. The predicted molar refractivity (Wildman–Crippen MR) is 146 cm³/mol. The number of nitrogens with one attached hydrogen (secondary N) is 2. The van der Waals surface area contributed by atoms with Crippen LogP contribution in [0.25, 0.3) is 5.32 Å². The Morgan fingerprint density at radius 3 is 2.38 bits per heavy atom. The highest BCUT2D eigenvalue weighted by Crippen LogP contribution is 2.38. The molecule has 0 radical (unpaired) electrons. The van der Waals surface area contributed by atoms with Gasteiger partial charge in [-0.25, -0.2) is 0 Å². The summed E-state index contributed by atoms with van der Waals surface area (Å²) in [5, 5.41) is 11.8. The summed E-state index contributed by atoms with van der Waals surface area (Å²) in [6.07, 6.45) is -6.26. The number of nitrogens with zero attached hydrogens (tertiary/aromatic N) is 4. The van der Waals surface area contributed by atoms with Crippen molar-refractivity contribution >= 4 is 35.1 Å². The van der Waals surface area contributed by atoms with Crippen LogP contribution in [-0.2, 0) is 22.3 Å². The molecule has 45 heavy (non-hydrogen) atoms. The van der Waals surface area contributed by atoms with Gasteiger partial charge in [-0.15, -0.1) is 0 Å². The zero-order valence-corrected chi connectivity index (χ0v) is 23.6. The molecule has 1 aromatic heterocycles. The van der Waals surface area contributed by atoms with E-state index in [1.807, 2.05) is 5.32 Å². The topological polar surface area (TPSA) is 123 Å². The molecule has 1 atom stereocenters. The van der Waals surface area contributed by atoms with Gasteiger partial charge in [-0.3, -0.25) is 14.4 Å². The Morgan fingerprint density at radius 2 is 1.71 bits per heavy atom. The van der Waals surface area contributed by atoms with Crippen molar-refractivity contribution in [2.45, 2.75) is 63.0 Å². The van der Waals surface area contributed by atoms with Gasteiger partial charge < -0.3 is 25.4 Å². The van der Waals surface area contributed by atoms with Crippen LogP contribution in [0.4, 0.5) is 48.4 Å². The van der Waals surface area contributed by atoms with Crippen molar-refractivity contribution in [2.75, 3.05) is 16.8 Å². The Hall–Kier alpha value is -4.63. The molecule has 2 heterocycles. The van der Waals surface area contributed by atoms with Gasteiger partial charge in [0.25, 0.3) is 0 Å². The second-order valence-corrected chi connectivity index (χ2v) is 11.0. The summed E-state index contributed by atoms with van der Waals surface area (Å²) >= 11 is 0. The minimum Gasteiger partial charge on any atom is -0.424 e. The van der Waals surface area contributed by atoms with Crippen LogP contribution in [0.3, 0.4) is 0 Å². The number of carbonyl (C=O) groups is 3. The molecule has 0 unspecified atom stereocenters. The molecule has 0 bridgehead atoms. The first-order chi connectivity index (χ1) is 21.3. The van der Waals surface area contributed by atoms with Crippen LogP contribution in [0.5, 0.6) is 0 Å². The number of anilines is 2. The summed E-state index contributed by atoms with van der Waals surface area (Å²) in [5.41, 5.74) is -0.549. The van der Waals surface area contributed by atoms with Crippen molar-refractivity contribution in [1.82, 2.24) is 10.6 Å². The molecule has 2 fully saturated rings. The van der Waals surface area contributed by atoms with Crippen LogP contribution in [0.1, 0.15) is 49.1 Å². The highest BCUT2D eigenvalue weighted by Gasteiger charge is 2.40. The van der Waals surface area contributed by atoms with E-state index in [1.165, 1.54) is 21.8 Å². The SMILES string of the molecule is O=C([N-]c1c[n+](CC2CCC(NC(=O)C(F)(F)F)CC2)no1)Nc1cc(N2CC[C@H](c3ccccc3)C2=O)cc(C(F)(F)F)c1. The van der Waals surface area contributed by atoms with E-state index in [1.54, 1.807) is 30.3 Å². The lowest BCUT2D eigenvalue weighted by Gasteiger charge is -2.27. The van der Waals surface area contributed by atoms with Crippen LogP contribution in [0.2, 0.25) is 0 Å². The van der Waals surface area contributed by atoms with Gasteiger partial charge in [-0.05, 0) is 61.6 Å². The summed E-state index contributed by atoms with van der Waals surface area (Å²) in [7, 11) is 0. The largest absolute Gasteiger partial charge is 0.471 e. The maximum absolute atomic E-state index is 13.7. The minimum atomic E-state index is -4.94. The molecular formula is C29H28F6N6O4. The monoisotopic (exact) mass is 638 g/mol. The number of alkyl halides is 6. The fourth-order valence-corrected chi connectivity index (χ4v) is 5.61. The average Bonchev–Trinajstić information content (AvgIpc) is 3.59. The van der Waals surface area contributed by atoms with Gasteiger partial charge in [0.1, 0.15) is 0 Å². The Morgan fingerprint density at radius 1 is 1.00 bits per heavy atom. The lowest BCUT2D eigenvalue weighted by molar-refractivity contribution is -0.767. The molecular weight excluding hydrogens is 610 g/mol. The van der Waals surface area contributed by atoms with Crippen molar-refractivity contribution in [1.29, 1.82) is 0 Å². The molecule has 4 amide bonds. The van der Waals surface area contributed by atoms with Crippen LogP contribution < -0.4 is 20.2 Å². The van der Waals surface area contributed by atoms with Crippen LogP contribution >= 0.6 is 0 Å². The van der Waals surface area contributed by atoms with Crippen LogP contribution in [0, 0.1) is 5.92 Å². The first-order valence-electron chi connectivity index (χ1n) is 14.1. The first kappa shape index (κ1) is 31.8. The third kappa shape index (κ3) is 7.91. The maximum Gasteiger partial charge on any atom is 0.471 e. The highest BCUT2D eigenvalue weighted by atomic mass is 19.4. The Balaban J connectivity index is 1.19. The van der Waals surface area contributed by atoms with E-state index in [0.717, 1.165) is 17.7 Å². The summed E-state index contributed by atoms with van der Waals surface area (Å²) in [4.78, 5) is 38.2. The summed E-state index contributed by atoms with van der Waals surface area (Å²) in [5.74, 6) is -3.04. The van der Waals surface area contributed by atoms with Crippen LogP contribution in [-0.4, -0.2) is 41.9 Å². The van der Waals surface area contributed by atoms with Gasteiger partial charge >= 0.3 is 18.3 Å². The second-order valence-electron chi connectivity index (χ2n) is 11.0. The zero-order valence-electron chi connectivity index (χ0n) is 23.6. The fourth-order valence-electron chi connectivity index (χ4n) is 5.61. The number of aromatic nitrogens is 2. The average molecular weight is 639 g/mol. The van der Waals surface area contributed by atoms with Gasteiger partial charge in [-0.1, -0.05) is 35.0 Å². The van der Waals surface area contributed by atoms with E-state index in [2.05, 4.69) is 15.9 Å². The van der Waals surface area contributed by atoms with E-state index in [0.29, 0.717) is 38.6 Å². The molecule has 5 rings (SSSR count). The number of hydrogen-bond donors (Lipinski definition) is 2. The molecule has 240 valence electrons. The second kappa shape index (κ2) is 12.8. The van der Waals surface area contributed by atoms with E-state index in [-0.39, 0.29) is 35.6 Å². The zero-order chi connectivity index (χ0) is 32.4. The molecule has 10 nitrogen and oxygen atoms in total. The molecule has 0 spiro atoms. The van der Waals surface area contributed by atoms with Crippen molar-refractivity contribution < 1.29 is 49.9 Å². The van der Waals surface area contributed by atoms with E-state index >= 15 is 0 Å². The van der Waals surface area contributed by atoms with Crippen molar-refractivity contribution in [3.8, 4) is 0 Å². The van der Waals surface area contributed by atoms with Gasteiger partial charge in [-0.2, -0.15) is 26.3 Å². The number of urea groups is 1. The lowest BCUT2D eigenvalue weighted by Crippen LogP contribution is -2.46. The molecule has 1 aliphatic heterocycles. The van der Waals surface area contributed by atoms with Gasteiger partial charge in [0.05, 0.1) is 11.5 Å². The molecule has 2 aliphatic rings. The number of rotatable bonds is 7. The summed E-state index contributed by atoms with van der Waals surface area (Å²) in [6, 6.07) is 10.2. The molecule has 1 saturated carbocycles. The smallest absolute Gasteiger partial charge is 0.424 e. The lowest BCUT2D eigenvalue weighted by atomic mass is 9.86. The van der Waals surface area contributed by atoms with Gasteiger partial charge in [0, 0.05) is 24.2 Å². The quantitative estimate of drug-likeness (QED) is 0.244. The maximum atomic E-state index is 13.7.